The van der Waals surface area contributed by atoms with Crippen molar-refractivity contribution in [2.45, 2.75) is 232 Å². The van der Waals surface area contributed by atoms with Gasteiger partial charge in [0.15, 0.2) is 6.10 Å². The molecule has 0 bridgehead atoms. The van der Waals surface area contributed by atoms with Gasteiger partial charge >= 0.3 is 11.9 Å². The fraction of sp³-hybridized carbons (Fsp3) is 0.729. The van der Waals surface area contributed by atoms with Crippen LogP contribution in [0.4, 0.5) is 0 Å². The zero-order valence-electron chi connectivity index (χ0n) is 45.0. The lowest BCUT2D eigenvalue weighted by Gasteiger charge is -2.28. The standard InChI is InChI=1S/C59H104NO8P/c1-6-8-10-12-14-16-18-20-22-24-25-26-27-28-29-30-31-32-33-34-35-36-38-40-42-44-46-48-50-52-59(62)68-57(56-67-69(63,64)66-54-53-60(3,4)5)55-65-58(61)51-49-47-45-43-41-39-37-23-21-19-17-15-13-11-9-7-2/h8,10,14,16-17,19-20,22-23,25-26,28-29,37,57H,6-7,9,11-13,15,18,21,24,27,30-36,38-56H2,1-5H3/b10-8-,16-14-,19-17-,22-20-,26-25-,29-28-,37-23-. The lowest BCUT2D eigenvalue weighted by molar-refractivity contribution is -0.870. The van der Waals surface area contributed by atoms with Gasteiger partial charge in [0.1, 0.15) is 19.8 Å². The first-order chi connectivity index (χ1) is 33.5. The molecule has 0 aliphatic rings. The summed E-state index contributed by atoms with van der Waals surface area (Å²) in [6.45, 7) is 4.09. The summed E-state index contributed by atoms with van der Waals surface area (Å²) in [6.07, 6.45) is 66.2. The number of hydrogen-bond acceptors (Lipinski definition) is 8. The largest absolute Gasteiger partial charge is 0.756 e. The van der Waals surface area contributed by atoms with E-state index in [1.165, 1.54) is 96.3 Å². The number of carbonyl (C=O) groups excluding carboxylic acids is 2. The average molecular weight is 986 g/mol. The Morgan fingerprint density at radius 2 is 0.826 bits per heavy atom. The summed E-state index contributed by atoms with van der Waals surface area (Å²) in [5, 5.41) is 0. The number of phosphoric acid groups is 1. The van der Waals surface area contributed by atoms with Crippen LogP contribution in [-0.2, 0) is 32.7 Å². The summed E-state index contributed by atoms with van der Waals surface area (Å²) in [4.78, 5) is 37.8. The molecule has 0 aromatic carbocycles. The molecule has 0 saturated heterocycles. The summed E-state index contributed by atoms with van der Waals surface area (Å²) >= 11 is 0. The maximum absolute atomic E-state index is 12.8. The van der Waals surface area contributed by atoms with Crippen molar-refractivity contribution in [3.05, 3.63) is 85.1 Å². The van der Waals surface area contributed by atoms with Crippen molar-refractivity contribution < 1.29 is 42.1 Å². The van der Waals surface area contributed by atoms with E-state index in [0.717, 1.165) is 89.9 Å². The lowest BCUT2D eigenvalue weighted by Crippen LogP contribution is -2.37. The Hall–Kier alpha value is -2.81. The Labute approximate surface area is 424 Å². The summed E-state index contributed by atoms with van der Waals surface area (Å²) in [5.74, 6) is -0.852. The van der Waals surface area contributed by atoms with Gasteiger partial charge in [-0.05, 0) is 89.9 Å². The third-order valence-electron chi connectivity index (χ3n) is 11.6. The smallest absolute Gasteiger partial charge is 0.306 e. The zero-order chi connectivity index (χ0) is 50.6. The maximum atomic E-state index is 12.8. The fourth-order valence-electron chi connectivity index (χ4n) is 7.36. The van der Waals surface area contributed by atoms with E-state index in [1.54, 1.807) is 0 Å². The molecule has 0 aliphatic carbocycles. The molecule has 0 saturated carbocycles. The van der Waals surface area contributed by atoms with Crippen LogP contribution in [0.1, 0.15) is 226 Å². The molecule has 398 valence electrons. The van der Waals surface area contributed by atoms with E-state index in [2.05, 4.69) is 98.9 Å². The van der Waals surface area contributed by atoms with Crippen LogP contribution < -0.4 is 4.89 Å². The Morgan fingerprint density at radius 1 is 0.464 bits per heavy atom. The van der Waals surface area contributed by atoms with Gasteiger partial charge < -0.3 is 27.9 Å². The van der Waals surface area contributed by atoms with Crippen LogP contribution in [-0.4, -0.2) is 70.0 Å². The van der Waals surface area contributed by atoms with Crippen molar-refractivity contribution in [3.8, 4) is 0 Å². The Kier molecular flexibility index (Phi) is 48.1. The predicted octanol–water partition coefficient (Wildman–Crippen LogP) is 16.5. The van der Waals surface area contributed by atoms with Crippen LogP contribution >= 0.6 is 7.82 Å². The molecule has 0 fully saturated rings. The number of phosphoric ester groups is 1. The van der Waals surface area contributed by atoms with Gasteiger partial charge in [0.25, 0.3) is 7.82 Å². The number of ether oxygens (including phenoxy) is 2. The molecule has 0 aromatic rings. The molecule has 0 spiro atoms. The minimum absolute atomic E-state index is 0.0365. The van der Waals surface area contributed by atoms with Gasteiger partial charge in [-0.15, -0.1) is 0 Å². The van der Waals surface area contributed by atoms with E-state index in [4.69, 9.17) is 18.5 Å². The third-order valence-corrected chi connectivity index (χ3v) is 12.6. The normalized spacial score (nSPS) is 14.0. The van der Waals surface area contributed by atoms with E-state index < -0.39 is 32.5 Å². The van der Waals surface area contributed by atoms with E-state index >= 15 is 0 Å². The number of hydrogen-bond donors (Lipinski definition) is 0. The van der Waals surface area contributed by atoms with Gasteiger partial charge in [0.2, 0.25) is 0 Å². The van der Waals surface area contributed by atoms with Gasteiger partial charge in [-0.2, -0.15) is 0 Å². The summed E-state index contributed by atoms with van der Waals surface area (Å²) < 4.78 is 34.1. The topological polar surface area (TPSA) is 111 Å². The number of likely N-dealkylation sites (N-methyl/N-ethyl adjacent to an activating group) is 1. The van der Waals surface area contributed by atoms with Crippen molar-refractivity contribution in [2.75, 3.05) is 47.5 Å². The fourth-order valence-corrected chi connectivity index (χ4v) is 8.09. The number of allylic oxidation sites excluding steroid dienone is 14. The monoisotopic (exact) mass is 986 g/mol. The first-order valence-electron chi connectivity index (χ1n) is 27.8. The predicted molar refractivity (Wildman–Crippen MR) is 291 cm³/mol. The molecule has 10 heteroatoms. The Bertz CT molecular complexity index is 1440. The van der Waals surface area contributed by atoms with Crippen LogP contribution in [0.3, 0.4) is 0 Å². The minimum atomic E-state index is -4.64. The second-order valence-corrected chi connectivity index (χ2v) is 21.0. The number of esters is 2. The van der Waals surface area contributed by atoms with Gasteiger partial charge in [0, 0.05) is 12.8 Å². The minimum Gasteiger partial charge on any atom is -0.756 e. The maximum Gasteiger partial charge on any atom is 0.306 e. The van der Waals surface area contributed by atoms with Crippen LogP contribution in [0.15, 0.2) is 85.1 Å². The van der Waals surface area contributed by atoms with Gasteiger partial charge in [-0.25, -0.2) is 0 Å². The molecule has 0 N–H and O–H groups in total. The molecule has 0 rings (SSSR count). The van der Waals surface area contributed by atoms with E-state index in [1.807, 2.05) is 21.1 Å². The van der Waals surface area contributed by atoms with Gasteiger partial charge in [0.05, 0.1) is 27.7 Å². The third kappa shape index (κ3) is 54.4. The van der Waals surface area contributed by atoms with Crippen molar-refractivity contribution in [3.63, 3.8) is 0 Å². The number of nitrogens with zero attached hydrogens (tertiary/aromatic N) is 1. The van der Waals surface area contributed by atoms with Crippen molar-refractivity contribution >= 4 is 19.8 Å². The first kappa shape index (κ1) is 66.2. The van der Waals surface area contributed by atoms with Crippen LogP contribution in [0.2, 0.25) is 0 Å². The Morgan fingerprint density at radius 3 is 1.23 bits per heavy atom. The highest BCUT2D eigenvalue weighted by Crippen LogP contribution is 2.38. The second-order valence-electron chi connectivity index (χ2n) is 19.6. The molecular formula is C59H104NO8P. The molecule has 2 atom stereocenters. The van der Waals surface area contributed by atoms with Crippen LogP contribution in [0.25, 0.3) is 0 Å². The summed E-state index contributed by atoms with van der Waals surface area (Å²) in [7, 11) is 1.15. The molecule has 69 heavy (non-hydrogen) atoms. The molecule has 0 amide bonds. The summed E-state index contributed by atoms with van der Waals surface area (Å²) in [6, 6.07) is 0. The van der Waals surface area contributed by atoms with Crippen molar-refractivity contribution in [2.24, 2.45) is 0 Å². The van der Waals surface area contributed by atoms with Gasteiger partial charge in [-0.3, -0.25) is 14.2 Å². The lowest BCUT2D eigenvalue weighted by atomic mass is 10.0. The highest BCUT2D eigenvalue weighted by molar-refractivity contribution is 7.45. The quantitative estimate of drug-likeness (QED) is 0.0195. The van der Waals surface area contributed by atoms with Gasteiger partial charge in [-0.1, -0.05) is 208 Å². The van der Waals surface area contributed by atoms with Crippen molar-refractivity contribution in [1.29, 1.82) is 0 Å². The first-order valence-corrected chi connectivity index (χ1v) is 29.3. The van der Waals surface area contributed by atoms with E-state index in [9.17, 15) is 19.0 Å². The van der Waals surface area contributed by atoms with Crippen LogP contribution in [0.5, 0.6) is 0 Å². The number of carbonyl (C=O) groups is 2. The highest BCUT2D eigenvalue weighted by atomic mass is 31.2. The Balaban J connectivity index is 4.17. The second kappa shape index (κ2) is 50.1. The number of rotatable bonds is 50. The number of unbranched alkanes of at least 4 members (excludes halogenated alkanes) is 22. The zero-order valence-corrected chi connectivity index (χ0v) is 45.9. The van der Waals surface area contributed by atoms with Crippen molar-refractivity contribution in [1.82, 2.24) is 0 Å². The average Bonchev–Trinajstić information content (AvgIpc) is 3.31. The highest BCUT2D eigenvalue weighted by Gasteiger charge is 2.21. The molecule has 0 aliphatic heterocycles. The molecule has 9 nitrogen and oxygen atoms in total. The summed E-state index contributed by atoms with van der Waals surface area (Å²) in [5.41, 5.74) is 0. The SMILES string of the molecule is CC/C=C\C/C=C\C/C=C\C/C=C\C/C=C\CCCCCCCCCCCCCCCC(=O)OC(COC(=O)CCCCCCC/C=C\C/C=C\CCCCCC)COP(=O)([O-])OCC[N+](C)(C)C. The number of quaternary nitrogens is 1. The molecule has 0 aromatic heterocycles. The molecule has 0 radical (unpaired) electrons. The molecule has 0 heterocycles. The van der Waals surface area contributed by atoms with Crippen LogP contribution in [0, 0.1) is 0 Å². The van der Waals surface area contributed by atoms with E-state index in [-0.39, 0.29) is 26.1 Å². The van der Waals surface area contributed by atoms with E-state index in [0.29, 0.717) is 23.9 Å². The molecular weight excluding hydrogens is 882 g/mol. The molecule has 2 unspecified atom stereocenters.